The molecule has 2 rings (SSSR count). The molecular formula is C13H22N4O3S. The maximum absolute atomic E-state index is 11.8. The lowest BCUT2D eigenvalue weighted by atomic mass is 10.2. The van der Waals surface area contributed by atoms with E-state index in [2.05, 4.69) is 4.90 Å². The summed E-state index contributed by atoms with van der Waals surface area (Å²) in [5.41, 5.74) is 6.64. The van der Waals surface area contributed by atoms with Crippen molar-refractivity contribution in [2.45, 2.75) is 11.3 Å². The van der Waals surface area contributed by atoms with Crippen LogP contribution in [0.25, 0.3) is 0 Å². The topological polar surface area (TPSA) is 113 Å². The average Bonchev–Trinajstić information content (AvgIpc) is 2.64. The minimum absolute atomic E-state index is 0.0677. The van der Waals surface area contributed by atoms with Crippen molar-refractivity contribution in [1.82, 2.24) is 4.90 Å². The number of aliphatic hydroxyl groups excluding tert-OH is 1. The number of benzene rings is 1. The maximum atomic E-state index is 11.8. The third kappa shape index (κ3) is 4.07. The van der Waals surface area contributed by atoms with E-state index in [1.54, 1.807) is 12.1 Å². The number of nitrogens with two attached hydrogens (primary N) is 2. The van der Waals surface area contributed by atoms with Crippen LogP contribution in [-0.2, 0) is 10.0 Å². The number of hydrogen-bond acceptors (Lipinski definition) is 6. The monoisotopic (exact) mass is 314 g/mol. The second-order valence-electron chi connectivity index (χ2n) is 5.18. The Morgan fingerprint density at radius 3 is 2.62 bits per heavy atom. The molecule has 0 spiro atoms. The van der Waals surface area contributed by atoms with E-state index in [-0.39, 0.29) is 11.5 Å². The van der Waals surface area contributed by atoms with Crippen LogP contribution in [0, 0.1) is 0 Å². The largest absolute Gasteiger partial charge is 0.399 e. The van der Waals surface area contributed by atoms with Crippen LogP contribution in [0.15, 0.2) is 23.1 Å². The first-order chi connectivity index (χ1) is 9.91. The Labute approximate surface area is 125 Å². The molecule has 8 heteroatoms. The van der Waals surface area contributed by atoms with Gasteiger partial charge in [-0.3, -0.25) is 4.90 Å². The molecule has 1 aliphatic heterocycles. The summed E-state index contributed by atoms with van der Waals surface area (Å²) >= 11 is 0. The van der Waals surface area contributed by atoms with Gasteiger partial charge in [0, 0.05) is 31.9 Å². The van der Waals surface area contributed by atoms with Gasteiger partial charge in [-0.1, -0.05) is 0 Å². The fraction of sp³-hybridized carbons (Fsp3) is 0.538. The first-order valence-electron chi connectivity index (χ1n) is 6.92. The lowest BCUT2D eigenvalue weighted by Gasteiger charge is -2.25. The molecule has 0 bridgehead atoms. The van der Waals surface area contributed by atoms with Crippen molar-refractivity contribution >= 4 is 21.4 Å². The molecule has 5 N–H and O–H groups in total. The van der Waals surface area contributed by atoms with Gasteiger partial charge < -0.3 is 15.7 Å². The van der Waals surface area contributed by atoms with Crippen molar-refractivity contribution < 1.29 is 13.5 Å². The van der Waals surface area contributed by atoms with Gasteiger partial charge in [0.05, 0.1) is 12.3 Å². The number of rotatable bonds is 4. The maximum Gasteiger partial charge on any atom is 0.240 e. The summed E-state index contributed by atoms with van der Waals surface area (Å²) in [6.07, 6.45) is 0.897. The molecule has 0 amide bonds. The molecule has 0 saturated carbocycles. The van der Waals surface area contributed by atoms with Crippen molar-refractivity contribution in [3.05, 3.63) is 18.2 Å². The summed E-state index contributed by atoms with van der Waals surface area (Å²) in [6.45, 7) is 3.86. The predicted octanol–water partition coefficient (Wildman–Crippen LogP) is -0.579. The highest BCUT2D eigenvalue weighted by Gasteiger charge is 2.21. The fourth-order valence-electron chi connectivity index (χ4n) is 2.60. The first kappa shape index (κ1) is 16.0. The number of hydrogen-bond donors (Lipinski definition) is 3. The molecule has 0 atom stereocenters. The van der Waals surface area contributed by atoms with Gasteiger partial charge in [-0.25, -0.2) is 13.6 Å². The van der Waals surface area contributed by atoms with Crippen LogP contribution >= 0.6 is 0 Å². The van der Waals surface area contributed by atoms with Gasteiger partial charge >= 0.3 is 0 Å². The van der Waals surface area contributed by atoms with Gasteiger partial charge in [-0.05, 0) is 31.2 Å². The van der Waals surface area contributed by atoms with Crippen LogP contribution in [-0.4, -0.2) is 57.8 Å². The van der Waals surface area contributed by atoms with Crippen molar-refractivity contribution in [3.8, 4) is 0 Å². The number of anilines is 2. The van der Waals surface area contributed by atoms with Crippen LogP contribution < -0.4 is 15.8 Å². The quantitative estimate of drug-likeness (QED) is 0.641. The minimum Gasteiger partial charge on any atom is -0.399 e. The molecule has 21 heavy (non-hydrogen) atoms. The van der Waals surface area contributed by atoms with E-state index in [1.165, 1.54) is 6.07 Å². The molecule has 0 aromatic heterocycles. The Bertz CT molecular complexity index is 591. The van der Waals surface area contributed by atoms with Crippen molar-refractivity contribution in [2.24, 2.45) is 5.14 Å². The van der Waals surface area contributed by atoms with Gasteiger partial charge in [0.2, 0.25) is 10.0 Å². The summed E-state index contributed by atoms with van der Waals surface area (Å²) in [6, 6.07) is 4.79. The molecule has 1 aromatic carbocycles. The Balaban J connectivity index is 2.26. The Morgan fingerprint density at radius 2 is 1.95 bits per heavy atom. The standard InChI is InChI=1S/C13H22N4O3S/c14-11-2-3-12(13(10-11)21(15,19)20)17-5-1-4-16(6-7-17)8-9-18/h2-3,10,18H,1,4-9,14H2,(H2,15,19,20). The Hall–Kier alpha value is -1.35. The van der Waals surface area contributed by atoms with Crippen molar-refractivity contribution in [3.63, 3.8) is 0 Å². The molecule has 1 saturated heterocycles. The molecule has 0 radical (unpaired) electrons. The van der Waals surface area contributed by atoms with E-state index in [0.29, 0.717) is 24.5 Å². The molecule has 7 nitrogen and oxygen atoms in total. The van der Waals surface area contributed by atoms with Crippen LogP contribution in [0.2, 0.25) is 0 Å². The van der Waals surface area contributed by atoms with E-state index >= 15 is 0 Å². The van der Waals surface area contributed by atoms with Gasteiger partial charge in [-0.15, -0.1) is 0 Å². The number of aliphatic hydroxyl groups is 1. The zero-order valence-corrected chi connectivity index (χ0v) is 12.7. The van der Waals surface area contributed by atoms with Crippen molar-refractivity contribution in [1.29, 1.82) is 0 Å². The van der Waals surface area contributed by atoms with E-state index in [4.69, 9.17) is 16.0 Å². The average molecular weight is 314 g/mol. The summed E-state index contributed by atoms with van der Waals surface area (Å²) in [5, 5.41) is 14.3. The van der Waals surface area contributed by atoms with E-state index in [1.807, 2.05) is 4.90 Å². The van der Waals surface area contributed by atoms with E-state index in [0.717, 1.165) is 26.1 Å². The Morgan fingerprint density at radius 1 is 1.19 bits per heavy atom. The normalized spacial score (nSPS) is 17.7. The molecule has 0 unspecified atom stereocenters. The van der Waals surface area contributed by atoms with Gasteiger partial charge in [-0.2, -0.15) is 0 Å². The molecule has 1 aromatic rings. The number of sulfonamides is 1. The molecule has 1 heterocycles. The summed E-state index contributed by atoms with van der Waals surface area (Å²) < 4.78 is 23.5. The number of primary sulfonamides is 1. The number of nitrogen functional groups attached to an aromatic ring is 1. The highest BCUT2D eigenvalue weighted by molar-refractivity contribution is 7.89. The van der Waals surface area contributed by atoms with Gasteiger partial charge in [0.1, 0.15) is 4.90 Å². The van der Waals surface area contributed by atoms with E-state index < -0.39 is 10.0 Å². The first-order valence-corrected chi connectivity index (χ1v) is 8.47. The highest BCUT2D eigenvalue weighted by atomic mass is 32.2. The molecule has 1 aliphatic rings. The molecule has 1 fully saturated rings. The van der Waals surface area contributed by atoms with Crippen LogP contribution in [0.5, 0.6) is 0 Å². The fourth-order valence-corrected chi connectivity index (χ4v) is 3.39. The molecular weight excluding hydrogens is 292 g/mol. The Kier molecular flexibility index (Phi) is 5.04. The third-order valence-corrected chi connectivity index (χ3v) is 4.58. The minimum atomic E-state index is -3.82. The van der Waals surface area contributed by atoms with Crippen LogP contribution in [0.3, 0.4) is 0 Å². The van der Waals surface area contributed by atoms with Crippen LogP contribution in [0.1, 0.15) is 6.42 Å². The van der Waals surface area contributed by atoms with E-state index in [9.17, 15) is 8.42 Å². The smallest absolute Gasteiger partial charge is 0.240 e. The molecule has 118 valence electrons. The number of nitrogens with zero attached hydrogens (tertiary/aromatic N) is 2. The lowest BCUT2D eigenvalue weighted by Crippen LogP contribution is -2.33. The highest BCUT2D eigenvalue weighted by Crippen LogP contribution is 2.27. The lowest BCUT2D eigenvalue weighted by molar-refractivity contribution is 0.204. The van der Waals surface area contributed by atoms with Crippen LogP contribution in [0.4, 0.5) is 11.4 Å². The number of β-amino-alcohol motifs (C(OH)–C–C–N with tert-alkyl or cyclic N) is 1. The van der Waals surface area contributed by atoms with Gasteiger partial charge in [0.25, 0.3) is 0 Å². The summed E-state index contributed by atoms with van der Waals surface area (Å²) in [5.74, 6) is 0. The zero-order valence-electron chi connectivity index (χ0n) is 11.9. The second-order valence-corrected chi connectivity index (χ2v) is 6.71. The SMILES string of the molecule is Nc1ccc(N2CCCN(CCO)CC2)c(S(N)(=O)=O)c1. The zero-order chi connectivity index (χ0) is 15.5. The third-order valence-electron chi connectivity index (χ3n) is 3.64. The van der Waals surface area contributed by atoms with Gasteiger partial charge in [0.15, 0.2) is 0 Å². The van der Waals surface area contributed by atoms with Crippen molar-refractivity contribution in [2.75, 3.05) is 50.0 Å². The summed E-state index contributed by atoms with van der Waals surface area (Å²) in [7, 11) is -3.82. The molecule has 0 aliphatic carbocycles. The predicted molar refractivity (Wildman–Crippen MR) is 82.6 cm³/mol. The summed E-state index contributed by atoms with van der Waals surface area (Å²) in [4.78, 5) is 4.24. The second kappa shape index (κ2) is 6.61.